The third kappa shape index (κ3) is 7.10. The Morgan fingerprint density at radius 3 is 2.65 bits per heavy atom. The molecule has 0 spiro atoms. The molecule has 0 amide bonds. The average Bonchev–Trinajstić information content (AvgIpc) is 2.53. The van der Waals surface area contributed by atoms with E-state index in [0.717, 1.165) is 38.2 Å². The van der Waals surface area contributed by atoms with Crippen molar-refractivity contribution >= 4 is 6.21 Å². The van der Waals surface area contributed by atoms with Crippen LogP contribution in [0.15, 0.2) is 41.4 Å². The zero-order valence-corrected chi connectivity index (χ0v) is 14.4. The van der Waals surface area contributed by atoms with Gasteiger partial charge < -0.3 is 26.0 Å². The van der Waals surface area contributed by atoms with Crippen molar-refractivity contribution in [3.8, 4) is 0 Å². The van der Waals surface area contributed by atoms with Crippen LogP contribution in [-0.4, -0.2) is 49.4 Å². The first kappa shape index (κ1) is 18.9. The highest BCUT2D eigenvalue weighted by Crippen LogP contribution is 2.11. The Balaban J connectivity index is 2.85. The van der Waals surface area contributed by atoms with E-state index in [-0.39, 0.29) is 5.76 Å². The molecule has 0 bridgehead atoms. The number of piperidine rings is 1. The SMILES string of the molecule is C=C(O)/C=C(/N/N=C\CC)N(C)/C(=C\NC)NC1CCNCC1. The lowest BCUT2D eigenvalue weighted by Crippen LogP contribution is -2.43. The fourth-order valence-electron chi connectivity index (χ4n) is 2.24. The van der Waals surface area contributed by atoms with Crippen LogP contribution < -0.4 is 21.4 Å². The highest BCUT2D eigenvalue weighted by Gasteiger charge is 2.17. The smallest absolute Gasteiger partial charge is 0.131 e. The molecule has 7 nitrogen and oxygen atoms in total. The summed E-state index contributed by atoms with van der Waals surface area (Å²) in [6.45, 7) is 7.57. The lowest BCUT2D eigenvalue weighted by atomic mass is 10.1. The lowest BCUT2D eigenvalue weighted by Gasteiger charge is -2.31. The second kappa shape index (κ2) is 10.6. The molecule has 0 radical (unpaired) electrons. The molecule has 0 unspecified atom stereocenters. The van der Waals surface area contributed by atoms with E-state index in [1.54, 1.807) is 12.3 Å². The number of hydrogen-bond acceptors (Lipinski definition) is 7. The van der Waals surface area contributed by atoms with Crippen molar-refractivity contribution in [2.75, 3.05) is 27.2 Å². The van der Waals surface area contributed by atoms with Gasteiger partial charge in [0.25, 0.3) is 0 Å². The summed E-state index contributed by atoms with van der Waals surface area (Å²) < 4.78 is 0. The van der Waals surface area contributed by atoms with E-state index in [9.17, 15) is 5.11 Å². The Labute approximate surface area is 139 Å². The standard InChI is InChI=1S/C16H30N6O/c1-5-8-19-21-15(11-13(2)23)22(4)16(12-17-3)20-14-6-9-18-10-7-14/h8,11-12,14,17-18,20-21,23H,2,5-7,9-10H2,1,3-4H3/b15-11-,16-12-,19-8-. The maximum Gasteiger partial charge on any atom is 0.131 e. The van der Waals surface area contributed by atoms with E-state index in [4.69, 9.17) is 0 Å². The predicted octanol–water partition coefficient (Wildman–Crippen LogP) is 1.18. The number of hydrazone groups is 1. The first-order valence-electron chi connectivity index (χ1n) is 8.04. The summed E-state index contributed by atoms with van der Waals surface area (Å²) in [6.07, 6.45) is 8.17. The molecule has 1 heterocycles. The van der Waals surface area contributed by atoms with Crippen LogP contribution in [0.4, 0.5) is 0 Å². The lowest BCUT2D eigenvalue weighted by molar-refractivity contribution is 0.351. The van der Waals surface area contributed by atoms with Crippen molar-refractivity contribution in [3.05, 3.63) is 36.3 Å². The van der Waals surface area contributed by atoms with Crippen LogP contribution in [0, 0.1) is 0 Å². The molecule has 0 aromatic rings. The number of nitrogens with zero attached hydrogens (tertiary/aromatic N) is 2. The molecule has 1 aliphatic rings. The van der Waals surface area contributed by atoms with E-state index < -0.39 is 0 Å². The highest BCUT2D eigenvalue weighted by molar-refractivity contribution is 5.56. The quantitative estimate of drug-likeness (QED) is 0.190. The maximum absolute atomic E-state index is 9.51. The third-order valence-electron chi connectivity index (χ3n) is 3.45. The molecule has 7 heteroatoms. The summed E-state index contributed by atoms with van der Waals surface area (Å²) in [5, 5.41) is 23.6. The molecule has 0 aliphatic carbocycles. The first-order chi connectivity index (χ1) is 11.1. The molecular weight excluding hydrogens is 292 g/mol. The Morgan fingerprint density at radius 2 is 2.09 bits per heavy atom. The third-order valence-corrected chi connectivity index (χ3v) is 3.45. The minimum absolute atomic E-state index is 0.0308. The van der Waals surface area contributed by atoms with Gasteiger partial charge in [0.15, 0.2) is 0 Å². The van der Waals surface area contributed by atoms with Gasteiger partial charge in [-0.05, 0) is 32.4 Å². The van der Waals surface area contributed by atoms with Crippen LogP contribution in [0.2, 0.25) is 0 Å². The summed E-state index contributed by atoms with van der Waals surface area (Å²) in [5.41, 5.74) is 2.94. The Hall–Kier alpha value is -2.15. The van der Waals surface area contributed by atoms with Gasteiger partial charge in [-0.1, -0.05) is 13.5 Å². The number of hydrogen-bond donors (Lipinski definition) is 5. The maximum atomic E-state index is 9.51. The molecule has 1 fully saturated rings. The van der Waals surface area contributed by atoms with Crippen molar-refractivity contribution in [1.29, 1.82) is 0 Å². The molecule has 0 atom stereocenters. The van der Waals surface area contributed by atoms with Crippen molar-refractivity contribution in [2.45, 2.75) is 32.2 Å². The van der Waals surface area contributed by atoms with E-state index in [1.807, 2.05) is 32.1 Å². The summed E-state index contributed by atoms with van der Waals surface area (Å²) >= 11 is 0. The van der Waals surface area contributed by atoms with Gasteiger partial charge in [0.2, 0.25) is 0 Å². The zero-order chi connectivity index (χ0) is 17.1. The second-order valence-electron chi connectivity index (χ2n) is 5.40. The fourth-order valence-corrected chi connectivity index (χ4v) is 2.24. The van der Waals surface area contributed by atoms with Crippen LogP contribution in [-0.2, 0) is 0 Å². The number of aliphatic hydroxyl groups excluding tert-OH is 1. The molecular formula is C16H30N6O. The van der Waals surface area contributed by atoms with Gasteiger partial charge in [-0.15, -0.1) is 0 Å². The fraction of sp³-hybridized carbons (Fsp3) is 0.562. The second-order valence-corrected chi connectivity index (χ2v) is 5.40. The topological polar surface area (TPSA) is 84.0 Å². The van der Waals surface area contributed by atoms with Crippen LogP contribution in [0.5, 0.6) is 0 Å². The minimum atomic E-state index is -0.0308. The molecule has 5 N–H and O–H groups in total. The Bertz CT molecular complexity index is 451. The van der Waals surface area contributed by atoms with Gasteiger partial charge in [0.1, 0.15) is 17.4 Å². The molecule has 1 aliphatic heterocycles. The molecule has 1 saturated heterocycles. The van der Waals surface area contributed by atoms with Crippen molar-refractivity contribution < 1.29 is 5.11 Å². The molecule has 0 aromatic carbocycles. The van der Waals surface area contributed by atoms with Gasteiger partial charge in [0, 0.05) is 38.6 Å². The van der Waals surface area contributed by atoms with E-state index in [0.29, 0.717) is 11.9 Å². The summed E-state index contributed by atoms with van der Waals surface area (Å²) in [7, 11) is 3.76. The van der Waals surface area contributed by atoms with Crippen LogP contribution in [0.1, 0.15) is 26.2 Å². The normalized spacial score (nSPS) is 17.2. The monoisotopic (exact) mass is 322 g/mol. The number of nitrogens with one attached hydrogen (secondary N) is 4. The summed E-state index contributed by atoms with van der Waals surface area (Å²) in [4.78, 5) is 1.90. The van der Waals surface area contributed by atoms with Crippen molar-refractivity contribution in [1.82, 2.24) is 26.3 Å². The van der Waals surface area contributed by atoms with E-state index in [1.165, 1.54) is 0 Å². The van der Waals surface area contributed by atoms with Crippen molar-refractivity contribution in [3.63, 3.8) is 0 Å². The Kier molecular flexibility index (Phi) is 8.67. The predicted molar refractivity (Wildman–Crippen MR) is 95.7 cm³/mol. The van der Waals surface area contributed by atoms with Gasteiger partial charge in [0.05, 0.1) is 0 Å². The summed E-state index contributed by atoms with van der Waals surface area (Å²) in [6, 6.07) is 0.413. The highest BCUT2D eigenvalue weighted by atomic mass is 16.3. The van der Waals surface area contributed by atoms with Crippen LogP contribution >= 0.6 is 0 Å². The number of rotatable bonds is 9. The molecule has 0 aromatic heterocycles. The molecule has 0 saturated carbocycles. The van der Waals surface area contributed by atoms with Gasteiger partial charge >= 0.3 is 0 Å². The van der Waals surface area contributed by atoms with Crippen molar-refractivity contribution in [2.24, 2.45) is 5.10 Å². The van der Waals surface area contributed by atoms with E-state index >= 15 is 0 Å². The first-order valence-corrected chi connectivity index (χ1v) is 8.04. The van der Waals surface area contributed by atoms with Gasteiger partial charge in [-0.3, -0.25) is 5.43 Å². The van der Waals surface area contributed by atoms with Gasteiger partial charge in [-0.2, -0.15) is 5.10 Å². The summed E-state index contributed by atoms with van der Waals surface area (Å²) in [5.74, 6) is 1.49. The minimum Gasteiger partial charge on any atom is -0.508 e. The van der Waals surface area contributed by atoms with Crippen LogP contribution in [0.25, 0.3) is 0 Å². The molecule has 130 valence electrons. The molecule has 23 heavy (non-hydrogen) atoms. The largest absolute Gasteiger partial charge is 0.508 e. The number of aliphatic hydroxyl groups is 1. The number of allylic oxidation sites excluding steroid dienone is 1. The van der Waals surface area contributed by atoms with E-state index in [2.05, 4.69) is 33.1 Å². The molecule has 1 rings (SSSR count). The average molecular weight is 322 g/mol. The van der Waals surface area contributed by atoms with Crippen LogP contribution in [0.3, 0.4) is 0 Å². The Morgan fingerprint density at radius 1 is 1.39 bits per heavy atom. The van der Waals surface area contributed by atoms with Gasteiger partial charge in [-0.25, -0.2) is 0 Å². The zero-order valence-electron chi connectivity index (χ0n) is 14.4.